The van der Waals surface area contributed by atoms with Crippen molar-refractivity contribution >= 4 is 65.4 Å². The molecule has 0 spiro atoms. The molecule has 59 heavy (non-hydrogen) atoms. The van der Waals surface area contributed by atoms with Gasteiger partial charge in [-0.3, -0.25) is 43.7 Å². The minimum Gasteiger partial charge on any atom is -0.491 e. The van der Waals surface area contributed by atoms with E-state index in [4.69, 9.17) is 26.0 Å². The maximum atomic E-state index is 13.7. The summed E-state index contributed by atoms with van der Waals surface area (Å²) in [4.78, 5) is 78.9. The summed E-state index contributed by atoms with van der Waals surface area (Å²) in [6.45, 7) is 8.03. The Labute approximate surface area is 336 Å². The fourth-order valence-electron chi connectivity index (χ4n) is 6.37. The molecule has 8 N–H and O–H groups in total. The first kappa shape index (κ1) is 41.9. The molecule has 0 unspecified atom stereocenters. The molecule has 2 aromatic carbocycles. The highest BCUT2D eigenvalue weighted by atomic mass is 31.2. The molecule has 0 bridgehead atoms. The van der Waals surface area contributed by atoms with Gasteiger partial charge >= 0.3 is 7.82 Å². The number of imidazole rings is 2. The van der Waals surface area contributed by atoms with E-state index in [9.17, 15) is 23.7 Å². The van der Waals surface area contributed by atoms with Crippen LogP contribution >= 0.6 is 7.82 Å². The second-order valence-corrected chi connectivity index (χ2v) is 14.5. The maximum Gasteiger partial charge on any atom is 0.469 e. The van der Waals surface area contributed by atoms with E-state index in [1.165, 1.54) is 18.2 Å². The van der Waals surface area contributed by atoms with E-state index >= 15 is 0 Å². The number of nitrogens with two attached hydrogens (primary N) is 2. The van der Waals surface area contributed by atoms with Crippen LogP contribution in [-0.2, 0) is 35.3 Å². The van der Waals surface area contributed by atoms with E-state index in [0.29, 0.717) is 46.7 Å². The van der Waals surface area contributed by atoms with Crippen molar-refractivity contribution in [2.75, 3.05) is 23.8 Å². The number of phosphoric acid groups is 1. The van der Waals surface area contributed by atoms with Crippen molar-refractivity contribution in [3.05, 3.63) is 88.5 Å². The summed E-state index contributed by atoms with van der Waals surface area (Å²) in [5.41, 5.74) is 15.0. The number of phosphoric ester groups is 1. The first-order chi connectivity index (χ1) is 28.1. The molecular formula is C37H43N12O9P. The normalized spacial score (nSPS) is 11.8. The summed E-state index contributed by atoms with van der Waals surface area (Å²) >= 11 is 0. The number of rotatable bonds is 18. The van der Waals surface area contributed by atoms with Gasteiger partial charge in [-0.1, -0.05) is 12.2 Å². The average molecular weight is 831 g/mol. The summed E-state index contributed by atoms with van der Waals surface area (Å²) < 4.78 is 28.2. The Bertz CT molecular complexity index is 2670. The van der Waals surface area contributed by atoms with Crippen LogP contribution in [0.1, 0.15) is 73.3 Å². The van der Waals surface area contributed by atoms with Gasteiger partial charge in [-0.05, 0) is 70.2 Å². The van der Waals surface area contributed by atoms with Gasteiger partial charge in [0.1, 0.15) is 22.7 Å². The number of hydrogen-bond donors (Lipinski definition) is 6. The quantitative estimate of drug-likeness (QED) is 0.0412. The number of primary amides is 2. The predicted molar refractivity (Wildman–Crippen MR) is 215 cm³/mol. The van der Waals surface area contributed by atoms with Crippen LogP contribution in [0.15, 0.2) is 54.6 Å². The zero-order valence-electron chi connectivity index (χ0n) is 32.6. The monoisotopic (exact) mass is 830 g/mol. The van der Waals surface area contributed by atoms with Crippen molar-refractivity contribution in [2.24, 2.45) is 11.5 Å². The molecule has 0 radical (unpaired) electrons. The van der Waals surface area contributed by atoms with E-state index < -0.39 is 31.5 Å². The summed E-state index contributed by atoms with van der Waals surface area (Å²) in [5.74, 6) is -1.91. The summed E-state index contributed by atoms with van der Waals surface area (Å²) in [5, 5.41) is 14.5. The number of carbonyl (C=O) groups is 4. The predicted octanol–water partition coefficient (Wildman–Crippen LogP) is 3.27. The molecule has 4 heterocycles. The van der Waals surface area contributed by atoms with Crippen LogP contribution in [0.25, 0.3) is 22.1 Å². The highest BCUT2D eigenvalue weighted by molar-refractivity contribution is 7.46. The third-order valence-electron chi connectivity index (χ3n) is 8.99. The van der Waals surface area contributed by atoms with E-state index in [1.807, 2.05) is 13.8 Å². The number of allylic oxidation sites excluding steroid dienone is 2. The van der Waals surface area contributed by atoms with Crippen LogP contribution in [0, 0.1) is 13.8 Å². The van der Waals surface area contributed by atoms with Gasteiger partial charge in [-0.2, -0.15) is 10.2 Å². The molecule has 310 valence electrons. The van der Waals surface area contributed by atoms with E-state index in [1.54, 1.807) is 68.8 Å². The number of nitrogens with one attached hydrogen (secondary N) is 2. The zero-order chi connectivity index (χ0) is 42.6. The van der Waals surface area contributed by atoms with Gasteiger partial charge in [-0.25, -0.2) is 14.5 Å². The lowest BCUT2D eigenvalue weighted by Gasteiger charge is -2.13. The fraction of sp³-hybridized carbons (Fsp3) is 0.297. The Hall–Kier alpha value is -6.67. The number of fused-ring (bicyclic) bond motifs is 2. The molecule has 22 heteroatoms. The zero-order valence-corrected chi connectivity index (χ0v) is 33.5. The third-order valence-corrected chi connectivity index (χ3v) is 9.51. The molecule has 0 aliphatic heterocycles. The first-order valence-electron chi connectivity index (χ1n) is 18.4. The highest BCUT2D eigenvalue weighted by Crippen LogP contribution is 2.36. The maximum absolute atomic E-state index is 13.7. The van der Waals surface area contributed by atoms with Crippen LogP contribution in [0.3, 0.4) is 0 Å². The Kier molecular flexibility index (Phi) is 12.4. The third kappa shape index (κ3) is 9.56. The lowest BCUT2D eigenvalue weighted by molar-refractivity contribution is 0.0992. The molecule has 4 aromatic heterocycles. The van der Waals surface area contributed by atoms with Gasteiger partial charge in [0.15, 0.2) is 0 Å². The molecule has 4 amide bonds. The molecule has 0 saturated carbocycles. The summed E-state index contributed by atoms with van der Waals surface area (Å²) in [6.07, 6.45) is 3.65. The molecule has 21 nitrogen and oxygen atoms in total. The molecule has 6 rings (SSSR count). The lowest BCUT2D eigenvalue weighted by Crippen LogP contribution is -2.20. The first-order valence-corrected chi connectivity index (χ1v) is 19.9. The SMILES string of the molecule is CCn1nc(C)cc1C(=O)Nc1nc2cc(C(N)=O)ccc2n1C/C=C/Cn1c(NC(=O)c2cc(C)nn2CC)nc2cc(C(N)=O)cc(OCCCOP(=O)(O)O)c21. The Balaban J connectivity index is 1.36. The van der Waals surface area contributed by atoms with Gasteiger partial charge in [-0.15, -0.1) is 0 Å². The molecular weight excluding hydrogens is 787 g/mol. The number of ether oxygens (including phenoxy) is 1. The number of hydrogen-bond acceptors (Lipinski definition) is 11. The lowest BCUT2D eigenvalue weighted by atomic mass is 10.1. The molecule has 0 aliphatic carbocycles. The second kappa shape index (κ2) is 17.4. The van der Waals surface area contributed by atoms with Gasteiger partial charge in [0.2, 0.25) is 23.7 Å². The largest absolute Gasteiger partial charge is 0.491 e. The molecule has 0 fully saturated rings. The van der Waals surface area contributed by atoms with E-state index in [2.05, 4.69) is 35.3 Å². The Morgan fingerprint density at radius 2 is 1.31 bits per heavy atom. The standard InChI is InChI=1S/C37H43N12O9P/c1-5-48-28(16-21(3)44-48)34(52)42-36-40-25-18-23(32(38)50)10-11-27(25)46(36)12-7-8-13-47-31-26(41-37(47)43-35(53)29-17-22(4)45-49(29)6-2)19-24(33(39)51)20-30(31)57-14-9-15-58-59(54,55)56/h7-8,10-11,16-20H,5-6,9,12-15H2,1-4H3,(H2,38,50)(H2,39,51)(H,40,42,52)(H,41,43,53)(H2,54,55,56)/b8-7+. The van der Waals surface area contributed by atoms with Crippen LogP contribution in [0.2, 0.25) is 0 Å². The molecule has 0 saturated heterocycles. The van der Waals surface area contributed by atoms with Crippen molar-refractivity contribution < 1.29 is 42.8 Å². The van der Waals surface area contributed by atoms with Crippen molar-refractivity contribution in [2.45, 2.75) is 60.3 Å². The van der Waals surface area contributed by atoms with Crippen molar-refractivity contribution in [3.63, 3.8) is 0 Å². The number of aromatic nitrogens is 8. The minimum atomic E-state index is -4.70. The highest BCUT2D eigenvalue weighted by Gasteiger charge is 2.23. The molecule has 6 aromatic rings. The van der Waals surface area contributed by atoms with E-state index in [0.717, 1.165) is 0 Å². The van der Waals surface area contributed by atoms with Gasteiger partial charge < -0.3 is 35.1 Å². The minimum absolute atomic E-state index is 0.0647. The number of nitrogens with zero attached hydrogens (tertiary/aromatic N) is 8. The number of aryl methyl sites for hydroxylation is 4. The number of anilines is 2. The second-order valence-electron chi connectivity index (χ2n) is 13.2. The number of carbonyl (C=O) groups excluding carboxylic acids is 4. The van der Waals surface area contributed by atoms with Gasteiger partial charge in [0, 0.05) is 43.7 Å². The van der Waals surface area contributed by atoms with Crippen molar-refractivity contribution in [1.29, 1.82) is 0 Å². The van der Waals surface area contributed by atoms with Crippen molar-refractivity contribution in [3.8, 4) is 5.75 Å². The summed E-state index contributed by atoms with van der Waals surface area (Å²) in [7, 11) is -4.70. The molecule has 0 atom stereocenters. The number of amides is 4. The molecule has 0 aliphatic rings. The van der Waals surface area contributed by atoms with Gasteiger partial charge in [0.25, 0.3) is 11.8 Å². The van der Waals surface area contributed by atoms with Crippen molar-refractivity contribution in [1.82, 2.24) is 38.7 Å². The summed E-state index contributed by atoms with van der Waals surface area (Å²) in [6, 6.07) is 10.9. The Morgan fingerprint density at radius 3 is 1.86 bits per heavy atom. The topological polar surface area (TPSA) is 292 Å². The number of benzene rings is 2. The van der Waals surface area contributed by atoms with Crippen LogP contribution in [0.4, 0.5) is 11.9 Å². The van der Waals surface area contributed by atoms with E-state index in [-0.39, 0.29) is 72.7 Å². The Morgan fingerprint density at radius 1 is 0.763 bits per heavy atom. The fourth-order valence-corrected chi connectivity index (χ4v) is 6.74. The average Bonchev–Trinajstić information content (AvgIpc) is 3.94. The van der Waals surface area contributed by atoms with Crippen LogP contribution in [0.5, 0.6) is 5.75 Å². The van der Waals surface area contributed by atoms with Crippen LogP contribution < -0.4 is 26.8 Å². The van der Waals surface area contributed by atoms with Gasteiger partial charge in [0.05, 0.1) is 41.2 Å². The van der Waals surface area contributed by atoms with Crippen LogP contribution in [-0.4, -0.2) is 85.3 Å². The smallest absolute Gasteiger partial charge is 0.469 e.